The molecule has 0 unspecified atom stereocenters. The molecule has 9 heteroatoms. The van der Waals surface area contributed by atoms with E-state index in [0.717, 1.165) is 10.5 Å². The van der Waals surface area contributed by atoms with Crippen molar-refractivity contribution in [1.82, 2.24) is 20.4 Å². The Hall–Kier alpha value is -3.59. The molecule has 1 aliphatic rings. The molecular formula is C23H26N4O5. The summed E-state index contributed by atoms with van der Waals surface area (Å²) in [5.41, 5.74) is 2.50. The molecule has 168 valence electrons. The summed E-state index contributed by atoms with van der Waals surface area (Å²) in [6, 6.07) is 9.59. The minimum absolute atomic E-state index is 0.0477. The van der Waals surface area contributed by atoms with E-state index in [1.54, 1.807) is 31.2 Å². The van der Waals surface area contributed by atoms with E-state index in [1.165, 1.54) is 0 Å². The lowest BCUT2D eigenvalue weighted by molar-refractivity contribution is 0.0641. The number of imide groups is 1. The lowest BCUT2D eigenvalue weighted by Gasteiger charge is -2.26. The fourth-order valence-electron chi connectivity index (χ4n) is 3.95. The summed E-state index contributed by atoms with van der Waals surface area (Å²) in [5, 5.41) is 15.1. The Morgan fingerprint density at radius 2 is 1.66 bits per heavy atom. The van der Waals surface area contributed by atoms with Crippen LogP contribution >= 0.6 is 0 Å². The van der Waals surface area contributed by atoms with Crippen LogP contribution in [-0.4, -0.2) is 72.0 Å². The van der Waals surface area contributed by atoms with Gasteiger partial charge in [-0.3, -0.25) is 14.5 Å². The Morgan fingerprint density at radius 1 is 1.06 bits per heavy atom. The zero-order valence-electron chi connectivity index (χ0n) is 18.2. The summed E-state index contributed by atoms with van der Waals surface area (Å²) in [6.45, 7) is 2.22. The molecule has 2 bridgehead atoms. The number of benzene rings is 2. The SMILES string of the molecule is C[C@@H](CN1C(=O)c2c(c3ccc2o3)C1=O)NC(=O)NC[C@H](Cc1ccc(O)cc1)N(C)C. The van der Waals surface area contributed by atoms with Gasteiger partial charge in [0.1, 0.15) is 16.9 Å². The summed E-state index contributed by atoms with van der Waals surface area (Å²) in [5.74, 6) is -0.573. The molecule has 1 aliphatic heterocycles. The van der Waals surface area contributed by atoms with Crippen molar-refractivity contribution in [3.63, 3.8) is 0 Å². The summed E-state index contributed by atoms with van der Waals surface area (Å²) < 4.78 is 5.40. The first-order chi connectivity index (χ1) is 15.2. The maximum atomic E-state index is 12.6. The van der Waals surface area contributed by atoms with Crippen molar-refractivity contribution in [1.29, 1.82) is 0 Å². The number of phenols is 1. The number of carbonyl (C=O) groups excluding carboxylic acids is 3. The number of aromatic hydroxyl groups is 1. The number of hydrogen-bond acceptors (Lipinski definition) is 6. The van der Waals surface area contributed by atoms with Gasteiger partial charge in [0.15, 0.2) is 0 Å². The first-order valence-corrected chi connectivity index (χ1v) is 10.4. The highest BCUT2D eigenvalue weighted by Crippen LogP contribution is 2.35. The van der Waals surface area contributed by atoms with Crippen LogP contribution in [-0.2, 0) is 6.42 Å². The van der Waals surface area contributed by atoms with Crippen molar-refractivity contribution < 1.29 is 23.9 Å². The van der Waals surface area contributed by atoms with Crippen molar-refractivity contribution in [3.8, 4) is 5.75 Å². The molecule has 3 aromatic rings. The molecule has 4 amide bonds. The lowest BCUT2D eigenvalue weighted by Crippen LogP contribution is -2.50. The second-order valence-corrected chi connectivity index (χ2v) is 8.38. The highest BCUT2D eigenvalue weighted by atomic mass is 16.3. The van der Waals surface area contributed by atoms with Crippen molar-refractivity contribution in [2.24, 2.45) is 0 Å². The van der Waals surface area contributed by atoms with Crippen molar-refractivity contribution in [2.75, 3.05) is 27.2 Å². The molecule has 2 aromatic heterocycles. The number of hydrogen-bond donors (Lipinski definition) is 3. The summed E-state index contributed by atoms with van der Waals surface area (Å²) in [6.07, 6.45) is 0.699. The van der Waals surface area contributed by atoms with Crippen LogP contribution in [0.4, 0.5) is 4.79 Å². The van der Waals surface area contributed by atoms with E-state index in [-0.39, 0.29) is 24.4 Å². The molecule has 2 atom stereocenters. The predicted molar refractivity (Wildman–Crippen MR) is 118 cm³/mol. The molecule has 0 fully saturated rings. The van der Waals surface area contributed by atoms with Crippen LogP contribution in [0.3, 0.4) is 0 Å². The van der Waals surface area contributed by atoms with Gasteiger partial charge in [-0.25, -0.2) is 4.79 Å². The first kappa shape index (κ1) is 21.6. The van der Waals surface area contributed by atoms with Crippen LogP contribution in [0.5, 0.6) is 5.75 Å². The maximum absolute atomic E-state index is 12.6. The molecule has 9 nitrogen and oxygen atoms in total. The van der Waals surface area contributed by atoms with Gasteiger partial charge < -0.3 is 25.1 Å². The molecule has 0 radical (unpaired) electrons. The number of likely N-dealkylation sites (N-methyl/N-ethyl adjacent to an activating group) is 1. The zero-order chi connectivity index (χ0) is 23.0. The van der Waals surface area contributed by atoms with Gasteiger partial charge in [0.2, 0.25) is 0 Å². The Bertz CT molecular complexity index is 1090. The van der Waals surface area contributed by atoms with Crippen LogP contribution < -0.4 is 10.6 Å². The minimum Gasteiger partial charge on any atom is -0.508 e. The second-order valence-electron chi connectivity index (χ2n) is 8.38. The molecule has 3 heterocycles. The highest BCUT2D eigenvalue weighted by molar-refractivity contribution is 6.27. The monoisotopic (exact) mass is 438 g/mol. The Kier molecular flexibility index (Phi) is 5.75. The van der Waals surface area contributed by atoms with Crippen molar-refractivity contribution in [3.05, 3.63) is 53.1 Å². The molecule has 0 saturated carbocycles. The number of urea groups is 1. The van der Waals surface area contributed by atoms with E-state index < -0.39 is 17.9 Å². The van der Waals surface area contributed by atoms with Gasteiger partial charge in [0.05, 0.1) is 11.1 Å². The van der Waals surface area contributed by atoms with Gasteiger partial charge >= 0.3 is 6.03 Å². The average Bonchev–Trinajstić information content (AvgIpc) is 3.42. The number of rotatable bonds is 8. The largest absolute Gasteiger partial charge is 0.508 e. The van der Waals surface area contributed by atoms with Crippen LogP contribution in [0.15, 0.2) is 40.8 Å². The van der Waals surface area contributed by atoms with E-state index in [0.29, 0.717) is 35.3 Å². The van der Waals surface area contributed by atoms with Gasteiger partial charge in [-0.1, -0.05) is 12.1 Å². The quantitative estimate of drug-likeness (QED) is 0.464. The van der Waals surface area contributed by atoms with Gasteiger partial charge in [-0.05, 0) is 57.3 Å². The smallest absolute Gasteiger partial charge is 0.315 e. The van der Waals surface area contributed by atoms with Crippen LogP contribution in [0.1, 0.15) is 33.2 Å². The summed E-state index contributed by atoms with van der Waals surface area (Å²) in [7, 11) is 3.87. The number of phenolic OH excluding ortho intramolecular Hbond substituents is 1. The van der Waals surface area contributed by atoms with Crippen molar-refractivity contribution in [2.45, 2.75) is 25.4 Å². The third kappa shape index (κ3) is 4.11. The lowest BCUT2D eigenvalue weighted by atomic mass is 10.1. The highest BCUT2D eigenvalue weighted by Gasteiger charge is 2.42. The number of fused-ring (bicyclic) bond motifs is 5. The standard InChI is InChI=1S/C23H26N4O5/c1-13(12-27-21(29)19-17-8-9-18(32-17)20(19)22(27)30)25-23(31)24-11-15(26(2)3)10-14-4-6-16(28)7-5-14/h4-9,13,15,28H,10-12H2,1-3H3,(H2,24,25,31)/t13-,15-/m0/s1. The molecule has 1 aromatic carbocycles. The topological polar surface area (TPSA) is 115 Å². The zero-order valence-corrected chi connectivity index (χ0v) is 18.2. The van der Waals surface area contributed by atoms with Gasteiger partial charge in [-0.15, -0.1) is 0 Å². The van der Waals surface area contributed by atoms with E-state index >= 15 is 0 Å². The number of nitrogens with zero attached hydrogens (tertiary/aromatic N) is 2. The molecule has 0 saturated heterocycles. The third-order valence-electron chi connectivity index (χ3n) is 5.74. The van der Waals surface area contributed by atoms with Crippen LogP contribution in [0.2, 0.25) is 0 Å². The van der Waals surface area contributed by atoms with E-state index in [4.69, 9.17) is 4.42 Å². The molecule has 0 spiro atoms. The first-order valence-electron chi connectivity index (χ1n) is 10.4. The molecule has 0 aliphatic carbocycles. The number of amides is 4. The minimum atomic E-state index is -0.431. The van der Waals surface area contributed by atoms with E-state index in [9.17, 15) is 19.5 Å². The Labute approximate surface area is 185 Å². The van der Waals surface area contributed by atoms with Gasteiger partial charge in [-0.2, -0.15) is 0 Å². The molecular weight excluding hydrogens is 412 g/mol. The molecule has 32 heavy (non-hydrogen) atoms. The average molecular weight is 438 g/mol. The van der Waals surface area contributed by atoms with Crippen LogP contribution in [0.25, 0.3) is 11.2 Å². The Morgan fingerprint density at radius 3 is 2.22 bits per heavy atom. The predicted octanol–water partition coefficient (Wildman–Crippen LogP) is 2.03. The van der Waals surface area contributed by atoms with Crippen molar-refractivity contribution >= 4 is 29.0 Å². The fraction of sp³-hybridized carbons (Fsp3) is 0.348. The summed E-state index contributed by atoms with van der Waals surface area (Å²) in [4.78, 5) is 40.9. The normalized spacial score (nSPS) is 15.4. The van der Waals surface area contributed by atoms with Gasteiger partial charge in [0, 0.05) is 25.2 Å². The summed E-state index contributed by atoms with van der Waals surface area (Å²) >= 11 is 0. The number of furan rings is 2. The number of nitrogens with one attached hydrogen (secondary N) is 2. The van der Waals surface area contributed by atoms with E-state index in [1.807, 2.05) is 31.1 Å². The molecule has 3 N–H and O–H groups in total. The van der Waals surface area contributed by atoms with Gasteiger partial charge in [0.25, 0.3) is 11.8 Å². The maximum Gasteiger partial charge on any atom is 0.315 e. The third-order valence-corrected chi connectivity index (χ3v) is 5.74. The fourth-order valence-corrected chi connectivity index (χ4v) is 3.95. The van der Waals surface area contributed by atoms with E-state index in [2.05, 4.69) is 10.6 Å². The number of carbonyl (C=O) groups is 3. The Balaban J connectivity index is 1.29. The van der Waals surface area contributed by atoms with Crippen LogP contribution in [0, 0.1) is 0 Å². The second kappa shape index (κ2) is 8.51. The molecule has 4 rings (SSSR count).